The molecule has 0 spiro atoms. The minimum Gasteiger partial charge on any atom is -0.372 e. The van der Waals surface area contributed by atoms with Gasteiger partial charge in [-0.05, 0) is 30.3 Å². The number of benzene rings is 2. The Hall–Kier alpha value is -3.86. The summed E-state index contributed by atoms with van der Waals surface area (Å²) in [6, 6.07) is 7.59. The van der Waals surface area contributed by atoms with Crippen molar-refractivity contribution in [3.63, 3.8) is 0 Å². The molecule has 0 unspecified atom stereocenters. The van der Waals surface area contributed by atoms with Crippen molar-refractivity contribution in [2.24, 2.45) is 0 Å². The molecule has 0 aliphatic rings. The number of H-pyrrole nitrogens is 1. The van der Waals surface area contributed by atoms with E-state index in [0.717, 1.165) is 23.1 Å². The second-order valence-electron chi connectivity index (χ2n) is 6.50. The molecule has 11 heteroatoms. The van der Waals surface area contributed by atoms with E-state index in [1.54, 1.807) is 31.6 Å². The van der Waals surface area contributed by atoms with Gasteiger partial charge in [0.2, 0.25) is 15.8 Å². The quantitative estimate of drug-likeness (QED) is 0.405. The van der Waals surface area contributed by atoms with Crippen molar-refractivity contribution in [2.75, 3.05) is 18.1 Å². The molecule has 31 heavy (non-hydrogen) atoms. The van der Waals surface area contributed by atoms with Gasteiger partial charge in [0.1, 0.15) is 22.3 Å². The van der Waals surface area contributed by atoms with E-state index >= 15 is 0 Å². The molecule has 2 aromatic carbocycles. The molecule has 0 aliphatic carbocycles. The summed E-state index contributed by atoms with van der Waals surface area (Å²) in [5.41, 5.74) is 8.61. The highest BCUT2D eigenvalue weighted by Gasteiger charge is 2.19. The number of aromatic amines is 1. The summed E-state index contributed by atoms with van der Waals surface area (Å²) < 4.78 is 52.5. The van der Waals surface area contributed by atoms with Crippen LogP contribution in [0.2, 0.25) is 0 Å². The number of anilines is 2. The first-order chi connectivity index (χ1) is 14.8. The second-order valence-corrected chi connectivity index (χ2v) is 8.30. The Balaban J connectivity index is 1.85. The zero-order valence-corrected chi connectivity index (χ0v) is 16.9. The van der Waals surface area contributed by atoms with Crippen LogP contribution in [0.25, 0.3) is 28.4 Å². The molecule has 0 atom stereocenters. The average Bonchev–Trinajstić information content (AvgIpc) is 3.19. The molecule has 158 valence electrons. The van der Waals surface area contributed by atoms with Gasteiger partial charge in [-0.25, -0.2) is 27.2 Å². The number of hydrogen-bond acceptors (Lipinski definition) is 7. The molecule has 4 aromatic rings. The fourth-order valence-corrected chi connectivity index (χ4v) is 4.12. The van der Waals surface area contributed by atoms with Gasteiger partial charge in [0.25, 0.3) is 0 Å². The van der Waals surface area contributed by atoms with E-state index in [0.29, 0.717) is 28.4 Å². The molecular formula is C20H16F2N6O2S. The van der Waals surface area contributed by atoms with Gasteiger partial charge < -0.3 is 16.0 Å². The van der Waals surface area contributed by atoms with Gasteiger partial charge in [0.15, 0.2) is 0 Å². The number of imidazole rings is 1. The summed E-state index contributed by atoms with van der Waals surface area (Å²) >= 11 is 0. The molecule has 0 saturated carbocycles. The largest absolute Gasteiger partial charge is 0.372 e. The third-order valence-corrected chi connectivity index (χ3v) is 5.95. The number of rotatable bonds is 5. The molecule has 2 heterocycles. The Morgan fingerprint density at radius 3 is 2.68 bits per heavy atom. The third-order valence-electron chi connectivity index (χ3n) is 4.51. The number of sulfone groups is 1. The predicted molar refractivity (Wildman–Crippen MR) is 114 cm³/mol. The van der Waals surface area contributed by atoms with Crippen molar-refractivity contribution in [3.05, 3.63) is 65.3 Å². The van der Waals surface area contributed by atoms with Crippen LogP contribution in [0.4, 0.5) is 20.5 Å². The van der Waals surface area contributed by atoms with Crippen LogP contribution in [-0.4, -0.2) is 35.4 Å². The van der Waals surface area contributed by atoms with E-state index in [2.05, 4.69) is 25.3 Å². The summed E-state index contributed by atoms with van der Waals surface area (Å²) in [7, 11) is -2.63. The zero-order valence-electron chi connectivity index (χ0n) is 16.1. The summed E-state index contributed by atoms with van der Waals surface area (Å²) in [5.74, 6) is -1.81. The smallest absolute Gasteiger partial charge is 0.222 e. The van der Waals surface area contributed by atoms with Gasteiger partial charge in [-0.1, -0.05) is 6.07 Å². The summed E-state index contributed by atoms with van der Waals surface area (Å²) in [6.45, 7) is 0. The van der Waals surface area contributed by atoms with Crippen LogP contribution in [0.3, 0.4) is 0 Å². The van der Waals surface area contributed by atoms with Crippen molar-refractivity contribution < 1.29 is 17.2 Å². The Morgan fingerprint density at radius 1 is 1.13 bits per heavy atom. The molecule has 0 saturated heterocycles. The van der Waals surface area contributed by atoms with Crippen molar-refractivity contribution in [2.45, 2.75) is 4.90 Å². The van der Waals surface area contributed by atoms with Crippen LogP contribution >= 0.6 is 0 Å². The summed E-state index contributed by atoms with van der Waals surface area (Å²) in [5, 5.41) is 3.67. The van der Waals surface area contributed by atoms with E-state index in [4.69, 9.17) is 5.73 Å². The second kappa shape index (κ2) is 7.76. The Morgan fingerprint density at radius 2 is 1.94 bits per heavy atom. The molecular weight excluding hydrogens is 426 g/mol. The number of nitrogens with one attached hydrogen (secondary N) is 2. The third kappa shape index (κ3) is 3.94. The maximum Gasteiger partial charge on any atom is 0.222 e. The van der Waals surface area contributed by atoms with Gasteiger partial charge in [0, 0.05) is 29.6 Å². The lowest BCUT2D eigenvalue weighted by atomic mass is 10.1. The highest BCUT2D eigenvalue weighted by atomic mass is 32.2. The normalized spacial score (nSPS) is 12.0. The number of fused-ring (bicyclic) bond motifs is 1. The SMILES string of the molecule is CNc1nc(N)nc(-c2ccc3[nH]cnc3c2)c1C=CS(=O)(=O)c1ccc(F)cc1F. The first-order valence-corrected chi connectivity index (χ1v) is 10.5. The monoisotopic (exact) mass is 442 g/mol. The topological polar surface area (TPSA) is 127 Å². The maximum absolute atomic E-state index is 14.0. The van der Waals surface area contributed by atoms with Gasteiger partial charge >= 0.3 is 0 Å². The standard InChI is InChI=1S/C20H16F2N6O2S/c1-24-19-13(6-7-31(29,30)17-5-3-12(21)9-14(17)22)18(27-20(23)28-19)11-2-4-15-16(8-11)26-10-25-15/h2-10H,1H3,(H,25,26)(H3,23,24,27,28). The van der Waals surface area contributed by atoms with Crippen molar-refractivity contribution in [1.82, 2.24) is 19.9 Å². The van der Waals surface area contributed by atoms with E-state index < -0.39 is 26.4 Å². The lowest BCUT2D eigenvalue weighted by Gasteiger charge is -2.12. The first-order valence-electron chi connectivity index (χ1n) is 8.95. The highest BCUT2D eigenvalue weighted by Crippen LogP contribution is 2.31. The lowest BCUT2D eigenvalue weighted by Crippen LogP contribution is -2.06. The van der Waals surface area contributed by atoms with Crippen molar-refractivity contribution in [3.8, 4) is 11.3 Å². The van der Waals surface area contributed by atoms with Crippen molar-refractivity contribution >= 4 is 38.7 Å². The van der Waals surface area contributed by atoms with E-state index in [1.807, 2.05) is 0 Å². The number of nitrogens with two attached hydrogens (primary N) is 1. The number of hydrogen-bond donors (Lipinski definition) is 3. The first kappa shape index (κ1) is 20.4. The molecule has 0 aliphatic heterocycles. The van der Waals surface area contributed by atoms with Gasteiger partial charge in [-0.3, -0.25) is 0 Å². The number of halogens is 2. The minimum absolute atomic E-state index is 0.0222. The Labute approximate surface area is 175 Å². The molecule has 2 aromatic heterocycles. The zero-order chi connectivity index (χ0) is 22.2. The molecule has 0 radical (unpaired) electrons. The van der Waals surface area contributed by atoms with Crippen LogP contribution in [0.5, 0.6) is 0 Å². The maximum atomic E-state index is 14.0. The Bertz CT molecular complexity index is 1430. The van der Waals surface area contributed by atoms with Gasteiger partial charge in [-0.2, -0.15) is 4.98 Å². The van der Waals surface area contributed by atoms with Crippen molar-refractivity contribution in [1.29, 1.82) is 0 Å². The van der Waals surface area contributed by atoms with Crippen LogP contribution in [-0.2, 0) is 9.84 Å². The minimum atomic E-state index is -4.22. The van der Waals surface area contributed by atoms with E-state index in [1.165, 1.54) is 6.08 Å². The fourth-order valence-electron chi connectivity index (χ4n) is 3.07. The van der Waals surface area contributed by atoms with Gasteiger partial charge in [0.05, 0.1) is 23.1 Å². The molecule has 4 N–H and O–H groups in total. The fraction of sp³-hybridized carbons (Fsp3) is 0.0500. The van der Waals surface area contributed by atoms with Crippen LogP contribution in [0.15, 0.2) is 53.0 Å². The summed E-state index contributed by atoms with van der Waals surface area (Å²) in [4.78, 5) is 14.9. The molecule has 8 nitrogen and oxygen atoms in total. The molecule has 0 amide bonds. The van der Waals surface area contributed by atoms with Crippen LogP contribution in [0, 0.1) is 11.6 Å². The van der Waals surface area contributed by atoms with Gasteiger partial charge in [-0.15, -0.1) is 0 Å². The van der Waals surface area contributed by atoms with Crippen LogP contribution < -0.4 is 11.1 Å². The number of nitrogens with zero attached hydrogens (tertiary/aromatic N) is 3. The Kier molecular flexibility index (Phi) is 5.11. The van der Waals surface area contributed by atoms with E-state index in [9.17, 15) is 17.2 Å². The molecule has 0 bridgehead atoms. The van der Waals surface area contributed by atoms with Crippen LogP contribution in [0.1, 0.15) is 5.56 Å². The number of aromatic nitrogens is 4. The van der Waals surface area contributed by atoms with E-state index in [-0.39, 0.29) is 11.8 Å². The lowest BCUT2D eigenvalue weighted by molar-refractivity contribution is 0.552. The molecule has 4 rings (SSSR count). The summed E-state index contributed by atoms with van der Waals surface area (Å²) in [6.07, 6.45) is 2.79. The average molecular weight is 442 g/mol. The molecule has 0 fully saturated rings. The number of nitrogen functional groups attached to an aromatic ring is 1. The predicted octanol–water partition coefficient (Wildman–Crippen LogP) is 3.37. The highest BCUT2D eigenvalue weighted by molar-refractivity contribution is 7.94.